The maximum absolute atomic E-state index is 12.4. The Morgan fingerprint density at radius 1 is 1.38 bits per heavy atom. The molecule has 3 heterocycles. The number of anilines is 1. The Kier molecular flexibility index (Phi) is 6.66. The predicted octanol–water partition coefficient (Wildman–Crippen LogP) is 3.88. The van der Waals surface area contributed by atoms with E-state index < -0.39 is 12.1 Å². The minimum atomic E-state index is -5.13. The Balaban J connectivity index is 1.52. The van der Waals surface area contributed by atoms with E-state index in [9.17, 15) is 18.0 Å². The number of carbonyl (C=O) groups excluding carboxylic acids is 1. The standard InChI is InChI=1S/C20H18ClF3N6O3S/c1-10-12(21)5-11(16(32-2)14(10)13-6-34-9-28-13)3-4-30-8-27-17(15-18(30)26-7-25-15)29-33-19(31)20(22,23)24/h5-7,9H,3-4,8H2,1-2H3,(H,25,26)(H,27,29). The first-order valence-corrected chi connectivity index (χ1v) is 11.1. The van der Waals surface area contributed by atoms with Crippen molar-refractivity contribution in [1.82, 2.24) is 20.4 Å². The van der Waals surface area contributed by atoms with Crippen molar-refractivity contribution >= 4 is 40.6 Å². The summed E-state index contributed by atoms with van der Waals surface area (Å²) in [6.45, 7) is 2.45. The Morgan fingerprint density at radius 2 is 2.18 bits per heavy atom. The molecule has 0 atom stereocenters. The van der Waals surface area contributed by atoms with Crippen LogP contribution >= 0.6 is 22.9 Å². The van der Waals surface area contributed by atoms with E-state index in [1.807, 2.05) is 28.8 Å². The van der Waals surface area contributed by atoms with E-state index in [0.717, 1.165) is 22.4 Å². The number of rotatable bonds is 5. The largest absolute Gasteiger partial charge is 0.496 e. The van der Waals surface area contributed by atoms with Crippen LogP contribution in [-0.4, -0.2) is 53.3 Å². The van der Waals surface area contributed by atoms with Gasteiger partial charge in [-0.25, -0.2) is 19.8 Å². The molecule has 0 spiro atoms. The maximum Gasteiger partial charge on any atom is 0.493 e. The van der Waals surface area contributed by atoms with Gasteiger partial charge in [-0.3, -0.25) is 0 Å². The Labute approximate surface area is 200 Å². The summed E-state index contributed by atoms with van der Waals surface area (Å²) in [4.78, 5) is 32.5. The summed E-state index contributed by atoms with van der Waals surface area (Å²) in [6, 6.07) is 1.84. The van der Waals surface area contributed by atoms with Gasteiger partial charge in [-0.05, 0) is 30.5 Å². The van der Waals surface area contributed by atoms with Crippen molar-refractivity contribution in [3.63, 3.8) is 0 Å². The molecule has 9 nitrogen and oxygen atoms in total. The number of hydrogen-bond donors (Lipinski definition) is 2. The third-order valence-corrected chi connectivity index (χ3v) is 6.11. The molecule has 0 aliphatic carbocycles. The molecule has 1 aliphatic heterocycles. The van der Waals surface area contributed by atoms with Crippen LogP contribution in [0.1, 0.15) is 16.8 Å². The monoisotopic (exact) mass is 514 g/mol. The highest BCUT2D eigenvalue weighted by Crippen LogP contribution is 2.40. The van der Waals surface area contributed by atoms with E-state index in [4.69, 9.17) is 16.3 Å². The van der Waals surface area contributed by atoms with Crippen LogP contribution in [0.2, 0.25) is 5.02 Å². The van der Waals surface area contributed by atoms with Gasteiger partial charge in [-0.1, -0.05) is 11.6 Å². The molecule has 0 bridgehead atoms. The second kappa shape index (κ2) is 9.50. The fraction of sp³-hybridized carbons (Fsp3) is 0.300. The van der Waals surface area contributed by atoms with Gasteiger partial charge in [0.25, 0.3) is 0 Å². The number of alkyl halides is 3. The Bertz CT molecular complexity index is 1230. The van der Waals surface area contributed by atoms with Gasteiger partial charge in [-0.2, -0.15) is 18.7 Å². The number of carbonyl (C=O) groups is 1. The molecule has 0 radical (unpaired) electrons. The van der Waals surface area contributed by atoms with Gasteiger partial charge in [-0.15, -0.1) is 11.3 Å². The molecule has 1 aliphatic rings. The first-order chi connectivity index (χ1) is 16.2. The zero-order chi connectivity index (χ0) is 24.5. The first-order valence-electron chi connectivity index (χ1n) is 9.82. The summed E-state index contributed by atoms with van der Waals surface area (Å²) >= 11 is 7.97. The molecule has 2 aromatic heterocycles. The number of aliphatic imine (C=N–C) groups is 1. The number of nitrogens with zero attached hydrogens (tertiary/aromatic N) is 4. The highest BCUT2D eigenvalue weighted by atomic mass is 35.5. The number of aromatic nitrogens is 3. The summed E-state index contributed by atoms with van der Waals surface area (Å²) in [7, 11) is 1.58. The zero-order valence-electron chi connectivity index (χ0n) is 17.9. The quantitative estimate of drug-likeness (QED) is 0.498. The van der Waals surface area contributed by atoms with Crippen LogP contribution in [0, 0.1) is 6.92 Å². The maximum atomic E-state index is 12.4. The molecular formula is C20H18ClF3N6O3S. The number of methoxy groups -OCH3 is 1. The van der Waals surface area contributed by atoms with Crippen molar-refractivity contribution in [2.24, 2.45) is 4.99 Å². The van der Waals surface area contributed by atoms with Crippen LogP contribution in [0.25, 0.3) is 11.3 Å². The number of hydrogen-bond acceptors (Lipinski definition) is 9. The number of hydroxylamine groups is 1. The molecule has 0 saturated carbocycles. The number of H-pyrrole nitrogens is 1. The lowest BCUT2D eigenvalue weighted by molar-refractivity contribution is -0.203. The molecule has 0 unspecified atom stereocenters. The van der Waals surface area contributed by atoms with Gasteiger partial charge in [0.2, 0.25) is 0 Å². The zero-order valence-corrected chi connectivity index (χ0v) is 19.4. The fourth-order valence-corrected chi connectivity index (χ4v) is 4.28. The highest BCUT2D eigenvalue weighted by Gasteiger charge is 2.42. The molecule has 14 heteroatoms. The molecule has 34 heavy (non-hydrogen) atoms. The number of aromatic amines is 1. The van der Waals surface area contributed by atoms with Crippen LogP contribution in [0.4, 0.5) is 19.0 Å². The first kappa shape index (κ1) is 23.8. The summed E-state index contributed by atoms with van der Waals surface area (Å²) in [5.41, 5.74) is 7.21. The van der Waals surface area contributed by atoms with E-state index >= 15 is 0 Å². The molecule has 4 rings (SSSR count). The van der Waals surface area contributed by atoms with E-state index in [2.05, 4.69) is 24.8 Å². The summed E-state index contributed by atoms with van der Waals surface area (Å²) in [5, 5.41) is 2.50. The van der Waals surface area contributed by atoms with Gasteiger partial charge >= 0.3 is 12.1 Å². The summed E-state index contributed by atoms with van der Waals surface area (Å²) in [5.74, 6) is -1.29. The topological polar surface area (TPSA) is 105 Å². The van der Waals surface area contributed by atoms with Crippen LogP contribution in [0.15, 0.2) is 28.3 Å². The van der Waals surface area contributed by atoms with Crippen molar-refractivity contribution in [3.05, 3.63) is 45.1 Å². The molecule has 0 saturated heterocycles. The lowest BCUT2D eigenvalue weighted by Crippen LogP contribution is -2.39. The summed E-state index contributed by atoms with van der Waals surface area (Å²) in [6.07, 6.45) is -3.25. The van der Waals surface area contributed by atoms with Gasteiger partial charge in [0.05, 0.1) is 24.6 Å². The van der Waals surface area contributed by atoms with Crippen molar-refractivity contribution in [3.8, 4) is 17.0 Å². The average molecular weight is 515 g/mol. The number of halogens is 4. The molecule has 180 valence electrons. The number of ether oxygens (including phenoxy) is 1. The third-order valence-electron chi connectivity index (χ3n) is 5.13. The Hall–Kier alpha value is -3.32. The lowest BCUT2D eigenvalue weighted by atomic mass is 9.98. The van der Waals surface area contributed by atoms with E-state index in [-0.39, 0.29) is 18.2 Å². The summed E-state index contributed by atoms with van der Waals surface area (Å²) < 4.78 is 42.9. The second-order valence-corrected chi connectivity index (χ2v) is 8.30. The molecule has 0 fully saturated rings. The molecule has 0 amide bonds. The van der Waals surface area contributed by atoms with E-state index in [0.29, 0.717) is 29.6 Å². The highest BCUT2D eigenvalue weighted by molar-refractivity contribution is 7.07. The number of imidazole rings is 1. The van der Waals surface area contributed by atoms with Crippen molar-refractivity contribution in [2.75, 3.05) is 25.2 Å². The normalized spacial score (nSPS) is 13.4. The molecular weight excluding hydrogens is 497 g/mol. The lowest BCUT2D eigenvalue weighted by Gasteiger charge is -2.27. The molecule has 2 N–H and O–H groups in total. The van der Waals surface area contributed by atoms with Crippen molar-refractivity contribution < 1.29 is 27.5 Å². The third kappa shape index (κ3) is 4.66. The Morgan fingerprint density at radius 3 is 2.85 bits per heavy atom. The van der Waals surface area contributed by atoms with Crippen LogP contribution < -0.4 is 15.1 Å². The van der Waals surface area contributed by atoms with E-state index in [1.165, 1.54) is 17.7 Å². The number of thiazole rings is 1. The number of fused-ring (bicyclic) bond motifs is 1. The van der Waals surface area contributed by atoms with Gasteiger partial charge in [0.15, 0.2) is 11.5 Å². The fourth-order valence-electron chi connectivity index (χ4n) is 3.51. The molecule has 1 aromatic carbocycles. The SMILES string of the molecule is COc1c(CCN2CN=C(NOC(=O)C(F)(F)F)c3nc[nH]c32)cc(Cl)c(C)c1-c1cscn1. The number of benzene rings is 1. The van der Waals surface area contributed by atoms with Crippen molar-refractivity contribution in [2.45, 2.75) is 19.5 Å². The minimum absolute atomic E-state index is 0.0853. The average Bonchev–Trinajstić information content (AvgIpc) is 3.50. The second-order valence-electron chi connectivity index (χ2n) is 7.18. The number of amidine groups is 1. The van der Waals surface area contributed by atoms with Gasteiger partial charge in [0.1, 0.15) is 18.2 Å². The van der Waals surface area contributed by atoms with Crippen molar-refractivity contribution in [1.29, 1.82) is 0 Å². The van der Waals surface area contributed by atoms with Crippen LogP contribution in [-0.2, 0) is 16.1 Å². The van der Waals surface area contributed by atoms with E-state index in [1.54, 1.807) is 12.6 Å². The molecule has 3 aromatic rings. The van der Waals surface area contributed by atoms with Gasteiger partial charge < -0.3 is 19.5 Å². The minimum Gasteiger partial charge on any atom is -0.496 e. The van der Waals surface area contributed by atoms with Crippen LogP contribution in [0.3, 0.4) is 0 Å². The predicted molar refractivity (Wildman–Crippen MR) is 120 cm³/mol. The van der Waals surface area contributed by atoms with Gasteiger partial charge in [0, 0.05) is 22.5 Å². The number of nitrogens with one attached hydrogen (secondary N) is 2. The smallest absolute Gasteiger partial charge is 0.493 e. The van der Waals surface area contributed by atoms with Crippen LogP contribution in [0.5, 0.6) is 5.75 Å².